The molecule has 128 valence electrons. The third-order valence-electron chi connectivity index (χ3n) is 3.71. The number of nitrogens with two attached hydrogens (primary N) is 1. The fourth-order valence-electron chi connectivity index (χ4n) is 2.65. The molecular formula is C14H7ClN2O7S. The van der Waals surface area contributed by atoms with Crippen LogP contribution < -0.4 is 5.73 Å². The van der Waals surface area contributed by atoms with Crippen LogP contribution in [0.25, 0.3) is 0 Å². The molecule has 0 spiro atoms. The van der Waals surface area contributed by atoms with Gasteiger partial charge in [0.15, 0.2) is 5.78 Å². The van der Waals surface area contributed by atoms with Crippen LogP contribution in [0.15, 0.2) is 29.2 Å². The number of anilines is 1. The summed E-state index contributed by atoms with van der Waals surface area (Å²) in [6.45, 7) is 0. The lowest BCUT2D eigenvalue weighted by Crippen LogP contribution is -2.25. The maximum absolute atomic E-state index is 12.7. The molecule has 0 fully saturated rings. The second-order valence-corrected chi connectivity index (χ2v) is 6.96. The molecule has 0 saturated carbocycles. The maximum Gasteiger partial charge on any atom is 0.296 e. The summed E-state index contributed by atoms with van der Waals surface area (Å²) < 4.78 is 32.1. The van der Waals surface area contributed by atoms with Crippen LogP contribution in [-0.2, 0) is 10.1 Å². The van der Waals surface area contributed by atoms with Crippen molar-refractivity contribution in [2.45, 2.75) is 4.90 Å². The highest BCUT2D eigenvalue weighted by Gasteiger charge is 2.40. The summed E-state index contributed by atoms with van der Waals surface area (Å²) in [4.78, 5) is 34.6. The molecule has 0 amide bonds. The Balaban J connectivity index is 2.49. The monoisotopic (exact) mass is 382 g/mol. The quantitative estimate of drug-likeness (QED) is 0.294. The van der Waals surface area contributed by atoms with E-state index in [0.717, 1.165) is 0 Å². The molecule has 3 N–H and O–H groups in total. The van der Waals surface area contributed by atoms with Gasteiger partial charge in [0.1, 0.15) is 10.5 Å². The van der Waals surface area contributed by atoms with E-state index in [4.69, 9.17) is 17.3 Å². The summed E-state index contributed by atoms with van der Waals surface area (Å²) in [7, 11) is -4.96. The van der Waals surface area contributed by atoms with Gasteiger partial charge in [-0.05, 0) is 18.2 Å². The second kappa shape index (κ2) is 5.34. The van der Waals surface area contributed by atoms with Crippen molar-refractivity contribution in [2.75, 3.05) is 5.73 Å². The summed E-state index contributed by atoms with van der Waals surface area (Å²) in [6.07, 6.45) is 0. The molecule has 2 aromatic rings. The number of nitro groups is 1. The molecule has 0 bridgehead atoms. The molecule has 3 rings (SSSR count). The summed E-state index contributed by atoms with van der Waals surface area (Å²) in [5.74, 6) is -1.78. The molecule has 0 aromatic heterocycles. The fraction of sp³-hybridized carbons (Fsp3) is 0. The number of carbonyl (C=O) groups is 2. The van der Waals surface area contributed by atoms with Crippen molar-refractivity contribution in [2.24, 2.45) is 0 Å². The van der Waals surface area contributed by atoms with Gasteiger partial charge in [0.2, 0.25) is 5.78 Å². The van der Waals surface area contributed by atoms with Crippen molar-refractivity contribution in [3.05, 3.63) is 61.7 Å². The number of rotatable bonds is 2. The lowest BCUT2D eigenvalue weighted by molar-refractivity contribution is -0.385. The van der Waals surface area contributed by atoms with Gasteiger partial charge >= 0.3 is 0 Å². The number of hydrogen-bond donors (Lipinski definition) is 2. The number of fused-ring (bicyclic) bond motifs is 2. The van der Waals surface area contributed by atoms with Crippen LogP contribution in [0.3, 0.4) is 0 Å². The average molecular weight is 383 g/mol. The van der Waals surface area contributed by atoms with Gasteiger partial charge in [-0.15, -0.1) is 0 Å². The van der Waals surface area contributed by atoms with Crippen LogP contribution in [0.2, 0.25) is 5.02 Å². The standard InChI is InChI=1S/C14H7ClN2O7S/c15-5-1-2-6-7(3-5)14(19)10-8(17(20)21)4-9(25(22,23)24)12(16)11(10)13(6)18/h1-4H,16H2,(H,22,23,24). The van der Waals surface area contributed by atoms with E-state index in [1.807, 2.05) is 0 Å². The number of halogens is 1. The maximum atomic E-state index is 12.7. The number of nitrogens with zero attached hydrogens (tertiary/aromatic N) is 1. The number of carbonyl (C=O) groups excluding carboxylic acids is 2. The Hall–Kier alpha value is -2.82. The molecule has 1 aliphatic rings. The number of nitro benzene ring substituents is 1. The van der Waals surface area contributed by atoms with Gasteiger partial charge in [0, 0.05) is 22.2 Å². The van der Waals surface area contributed by atoms with Gasteiger partial charge in [-0.3, -0.25) is 24.3 Å². The van der Waals surface area contributed by atoms with Crippen LogP contribution in [-0.4, -0.2) is 29.5 Å². The zero-order valence-electron chi connectivity index (χ0n) is 12.0. The third-order valence-corrected chi connectivity index (χ3v) is 4.84. The molecule has 0 atom stereocenters. The minimum absolute atomic E-state index is 0.129. The van der Waals surface area contributed by atoms with Crippen LogP contribution in [0.4, 0.5) is 11.4 Å². The van der Waals surface area contributed by atoms with E-state index in [1.54, 1.807) is 0 Å². The van der Waals surface area contributed by atoms with E-state index in [9.17, 15) is 32.7 Å². The SMILES string of the molecule is Nc1c(S(=O)(=O)O)cc([N+](=O)[O-])c2c1C(=O)c1ccc(Cl)cc1C2=O. The lowest BCUT2D eigenvalue weighted by Gasteiger charge is -2.20. The van der Waals surface area contributed by atoms with Gasteiger partial charge in [-0.1, -0.05) is 11.6 Å². The van der Waals surface area contributed by atoms with Crippen molar-refractivity contribution >= 4 is 44.7 Å². The topological polar surface area (TPSA) is 158 Å². The third kappa shape index (κ3) is 2.47. The van der Waals surface area contributed by atoms with Crippen LogP contribution >= 0.6 is 11.6 Å². The second-order valence-electron chi connectivity index (χ2n) is 5.14. The smallest absolute Gasteiger partial charge is 0.296 e. The van der Waals surface area contributed by atoms with Gasteiger partial charge < -0.3 is 5.73 Å². The van der Waals surface area contributed by atoms with Crippen LogP contribution in [0.1, 0.15) is 31.8 Å². The fourth-order valence-corrected chi connectivity index (χ4v) is 3.47. The predicted molar refractivity (Wildman–Crippen MR) is 85.6 cm³/mol. The number of nitrogen functional groups attached to an aromatic ring is 1. The molecule has 9 nitrogen and oxygen atoms in total. The summed E-state index contributed by atoms with van der Waals surface area (Å²) in [6, 6.07) is 4.18. The Kier molecular flexibility index (Phi) is 3.64. The molecule has 0 unspecified atom stereocenters. The first-order valence-electron chi connectivity index (χ1n) is 6.51. The van der Waals surface area contributed by atoms with Crippen molar-refractivity contribution in [3.63, 3.8) is 0 Å². The number of ketones is 2. The first kappa shape index (κ1) is 17.0. The van der Waals surface area contributed by atoms with E-state index in [-0.39, 0.29) is 16.1 Å². The normalized spacial score (nSPS) is 13.4. The molecule has 0 radical (unpaired) electrons. The largest absolute Gasteiger partial charge is 0.397 e. The predicted octanol–water partition coefficient (Wildman–Crippen LogP) is 1.85. The summed E-state index contributed by atoms with van der Waals surface area (Å²) in [5.41, 5.74) is 2.38. The van der Waals surface area contributed by atoms with E-state index in [2.05, 4.69) is 0 Å². The average Bonchev–Trinajstić information content (AvgIpc) is 2.50. The molecule has 1 aliphatic carbocycles. The molecule has 2 aromatic carbocycles. The van der Waals surface area contributed by atoms with Crippen LogP contribution in [0, 0.1) is 10.1 Å². The lowest BCUT2D eigenvalue weighted by atomic mass is 9.82. The Morgan fingerprint density at radius 2 is 1.68 bits per heavy atom. The van der Waals surface area contributed by atoms with Crippen molar-refractivity contribution in [3.8, 4) is 0 Å². The highest BCUT2D eigenvalue weighted by Crippen LogP contribution is 2.40. The minimum atomic E-state index is -4.96. The molecule has 0 heterocycles. The first-order chi connectivity index (χ1) is 11.5. The van der Waals surface area contributed by atoms with E-state index in [1.165, 1.54) is 18.2 Å². The molecule has 0 saturated heterocycles. The van der Waals surface area contributed by atoms with Gasteiger partial charge in [-0.2, -0.15) is 8.42 Å². The number of hydrogen-bond acceptors (Lipinski definition) is 7. The zero-order chi connectivity index (χ0) is 18.7. The molecule has 11 heteroatoms. The zero-order valence-corrected chi connectivity index (χ0v) is 13.6. The Morgan fingerprint density at radius 3 is 2.24 bits per heavy atom. The molecular weight excluding hydrogens is 376 g/mol. The van der Waals surface area contributed by atoms with Gasteiger partial charge in [-0.25, -0.2) is 0 Å². The highest BCUT2D eigenvalue weighted by atomic mass is 35.5. The minimum Gasteiger partial charge on any atom is -0.397 e. The Bertz CT molecular complexity index is 1110. The van der Waals surface area contributed by atoms with Gasteiger partial charge in [0.05, 0.1) is 16.2 Å². The van der Waals surface area contributed by atoms with Crippen molar-refractivity contribution in [1.29, 1.82) is 0 Å². The van der Waals surface area contributed by atoms with E-state index < -0.39 is 54.0 Å². The Morgan fingerprint density at radius 1 is 1.08 bits per heavy atom. The van der Waals surface area contributed by atoms with Crippen molar-refractivity contribution < 1.29 is 27.5 Å². The molecule has 25 heavy (non-hydrogen) atoms. The molecule has 0 aliphatic heterocycles. The van der Waals surface area contributed by atoms with Gasteiger partial charge in [0.25, 0.3) is 15.8 Å². The van der Waals surface area contributed by atoms with Crippen molar-refractivity contribution in [1.82, 2.24) is 0 Å². The number of benzene rings is 2. The highest BCUT2D eigenvalue weighted by molar-refractivity contribution is 7.86. The van der Waals surface area contributed by atoms with E-state index in [0.29, 0.717) is 6.07 Å². The summed E-state index contributed by atoms with van der Waals surface area (Å²) >= 11 is 5.80. The Labute approximate surface area is 144 Å². The summed E-state index contributed by atoms with van der Waals surface area (Å²) in [5, 5.41) is 11.4. The van der Waals surface area contributed by atoms with E-state index >= 15 is 0 Å². The first-order valence-corrected chi connectivity index (χ1v) is 8.33. The van der Waals surface area contributed by atoms with Crippen LogP contribution in [0.5, 0.6) is 0 Å².